The van der Waals surface area contributed by atoms with Crippen LogP contribution in [0, 0.1) is 0 Å². The van der Waals surface area contributed by atoms with Crippen LogP contribution in [0.3, 0.4) is 0 Å². The number of methoxy groups -OCH3 is 2. The highest BCUT2D eigenvalue weighted by molar-refractivity contribution is 6.33. The molecule has 22 heavy (non-hydrogen) atoms. The maximum atomic E-state index is 11.9. The standard InChI is InChI=1S/C17H16ClNO3/c1-21-15-9-7-12(11-16(15)22-2)8-10-17(20)19-14-6-4-3-5-13(14)18/h3-11H,1-2H3,(H,19,20)/b10-8+. The lowest BCUT2D eigenvalue weighted by molar-refractivity contribution is -0.111. The number of benzene rings is 2. The highest BCUT2D eigenvalue weighted by Crippen LogP contribution is 2.28. The quantitative estimate of drug-likeness (QED) is 0.848. The molecule has 0 heterocycles. The Morgan fingerprint density at radius 1 is 1.09 bits per heavy atom. The van der Waals surface area contributed by atoms with E-state index in [0.29, 0.717) is 22.2 Å². The normalized spacial score (nSPS) is 10.5. The summed E-state index contributed by atoms with van der Waals surface area (Å²) in [5.41, 5.74) is 1.40. The molecule has 0 atom stereocenters. The van der Waals surface area contributed by atoms with Gasteiger partial charge in [-0.2, -0.15) is 0 Å². The minimum Gasteiger partial charge on any atom is -0.493 e. The summed E-state index contributed by atoms with van der Waals surface area (Å²) in [5.74, 6) is 0.985. The Labute approximate surface area is 134 Å². The molecule has 1 amide bonds. The number of rotatable bonds is 5. The van der Waals surface area contributed by atoms with Gasteiger partial charge in [0.15, 0.2) is 11.5 Å². The van der Waals surface area contributed by atoms with Gasteiger partial charge in [-0.3, -0.25) is 4.79 Å². The van der Waals surface area contributed by atoms with Crippen molar-refractivity contribution < 1.29 is 14.3 Å². The van der Waals surface area contributed by atoms with E-state index >= 15 is 0 Å². The predicted molar refractivity (Wildman–Crippen MR) is 88.7 cm³/mol. The maximum Gasteiger partial charge on any atom is 0.248 e. The molecule has 0 aliphatic rings. The van der Waals surface area contributed by atoms with Crippen LogP contribution >= 0.6 is 11.6 Å². The molecule has 5 heteroatoms. The summed E-state index contributed by atoms with van der Waals surface area (Å²) in [4.78, 5) is 11.9. The smallest absolute Gasteiger partial charge is 0.248 e. The van der Waals surface area contributed by atoms with Crippen LogP contribution in [0.5, 0.6) is 11.5 Å². The largest absolute Gasteiger partial charge is 0.493 e. The van der Waals surface area contributed by atoms with Gasteiger partial charge in [0, 0.05) is 6.08 Å². The summed E-state index contributed by atoms with van der Waals surface area (Å²) in [6.45, 7) is 0. The van der Waals surface area contributed by atoms with Gasteiger partial charge in [-0.05, 0) is 35.9 Å². The lowest BCUT2D eigenvalue weighted by Gasteiger charge is -2.07. The molecule has 2 aromatic carbocycles. The maximum absolute atomic E-state index is 11.9. The summed E-state index contributed by atoms with van der Waals surface area (Å²) in [6.07, 6.45) is 3.12. The molecule has 0 spiro atoms. The van der Waals surface area contributed by atoms with Crippen molar-refractivity contribution in [1.82, 2.24) is 0 Å². The Kier molecular flexibility index (Phi) is 5.44. The van der Waals surface area contributed by atoms with E-state index in [0.717, 1.165) is 5.56 Å². The number of carbonyl (C=O) groups is 1. The fourth-order valence-electron chi connectivity index (χ4n) is 1.87. The zero-order chi connectivity index (χ0) is 15.9. The Morgan fingerprint density at radius 2 is 1.82 bits per heavy atom. The van der Waals surface area contributed by atoms with Crippen molar-refractivity contribution in [3.63, 3.8) is 0 Å². The minimum absolute atomic E-state index is 0.261. The molecule has 0 aromatic heterocycles. The number of anilines is 1. The SMILES string of the molecule is COc1ccc(/C=C/C(=O)Nc2ccccc2Cl)cc1OC. The van der Waals surface area contributed by atoms with Crippen LogP contribution in [0.4, 0.5) is 5.69 Å². The third kappa shape index (κ3) is 4.02. The Bertz CT molecular complexity index is 698. The van der Waals surface area contributed by atoms with Crippen molar-refractivity contribution in [2.24, 2.45) is 0 Å². The molecule has 4 nitrogen and oxygen atoms in total. The number of carbonyl (C=O) groups excluding carboxylic acids is 1. The first-order valence-electron chi connectivity index (χ1n) is 6.59. The summed E-state index contributed by atoms with van der Waals surface area (Å²) in [7, 11) is 3.14. The van der Waals surface area contributed by atoms with E-state index in [-0.39, 0.29) is 5.91 Å². The molecule has 0 fully saturated rings. The number of hydrogen-bond acceptors (Lipinski definition) is 3. The highest BCUT2D eigenvalue weighted by Gasteiger charge is 2.04. The Hall–Kier alpha value is -2.46. The van der Waals surface area contributed by atoms with E-state index in [1.807, 2.05) is 6.07 Å². The Balaban J connectivity index is 2.08. The number of amides is 1. The monoisotopic (exact) mass is 317 g/mol. The van der Waals surface area contributed by atoms with Gasteiger partial charge in [-0.15, -0.1) is 0 Å². The van der Waals surface area contributed by atoms with E-state index in [2.05, 4.69) is 5.32 Å². The van der Waals surface area contributed by atoms with Crippen LogP contribution in [0.15, 0.2) is 48.5 Å². The molecule has 114 valence electrons. The second kappa shape index (κ2) is 7.52. The lowest BCUT2D eigenvalue weighted by Crippen LogP contribution is -2.07. The number of halogens is 1. The van der Waals surface area contributed by atoms with Gasteiger partial charge in [0.1, 0.15) is 0 Å². The average Bonchev–Trinajstić information content (AvgIpc) is 2.54. The second-order valence-electron chi connectivity index (χ2n) is 4.42. The third-order valence-electron chi connectivity index (χ3n) is 2.97. The van der Waals surface area contributed by atoms with Crippen LogP contribution in [0.25, 0.3) is 6.08 Å². The first-order valence-corrected chi connectivity index (χ1v) is 6.97. The van der Waals surface area contributed by atoms with Crippen molar-refractivity contribution >= 4 is 29.3 Å². The van der Waals surface area contributed by atoms with Gasteiger partial charge in [-0.25, -0.2) is 0 Å². The molecule has 0 saturated carbocycles. The first kappa shape index (κ1) is 15.9. The second-order valence-corrected chi connectivity index (χ2v) is 4.82. The fraction of sp³-hybridized carbons (Fsp3) is 0.118. The highest BCUT2D eigenvalue weighted by atomic mass is 35.5. The van der Waals surface area contributed by atoms with Crippen LogP contribution in [0.1, 0.15) is 5.56 Å². The molecule has 0 bridgehead atoms. The minimum atomic E-state index is -0.261. The van der Waals surface area contributed by atoms with E-state index in [9.17, 15) is 4.79 Å². The predicted octanol–water partition coefficient (Wildman–Crippen LogP) is 4.01. The molecule has 0 aliphatic carbocycles. The molecular weight excluding hydrogens is 302 g/mol. The van der Waals surface area contributed by atoms with Crippen molar-refractivity contribution in [3.8, 4) is 11.5 Å². The van der Waals surface area contributed by atoms with Crippen LogP contribution in [-0.4, -0.2) is 20.1 Å². The summed E-state index contributed by atoms with van der Waals surface area (Å²) in [6, 6.07) is 12.5. The molecule has 1 N–H and O–H groups in total. The van der Waals surface area contributed by atoms with Gasteiger partial charge in [0.25, 0.3) is 0 Å². The van der Waals surface area contributed by atoms with Crippen molar-refractivity contribution in [2.45, 2.75) is 0 Å². The van der Waals surface area contributed by atoms with Gasteiger partial charge in [-0.1, -0.05) is 29.8 Å². The van der Waals surface area contributed by atoms with Gasteiger partial charge in [0.2, 0.25) is 5.91 Å². The molecule has 2 aromatic rings. The van der Waals surface area contributed by atoms with Crippen LogP contribution in [0.2, 0.25) is 5.02 Å². The molecule has 0 saturated heterocycles. The average molecular weight is 318 g/mol. The number of nitrogens with one attached hydrogen (secondary N) is 1. The fourth-order valence-corrected chi connectivity index (χ4v) is 2.05. The third-order valence-corrected chi connectivity index (χ3v) is 3.30. The van der Waals surface area contributed by atoms with E-state index in [1.165, 1.54) is 6.08 Å². The van der Waals surface area contributed by atoms with E-state index in [4.69, 9.17) is 21.1 Å². The zero-order valence-electron chi connectivity index (χ0n) is 12.3. The lowest BCUT2D eigenvalue weighted by atomic mass is 10.2. The van der Waals surface area contributed by atoms with E-state index < -0.39 is 0 Å². The summed E-state index contributed by atoms with van der Waals surface area (Å²) < 4.78 is 10.4. The van der Waals surface area contributed by atoms with Crippen LogP contribution < -0.4 is 14.8 Å². The molecule has 0 unspecified atom stereocenters. The topological polar surface area (TPSA) is 47.6 Å². The van der Waals surface area contributed by atoms with Crippen molar-refractivity contribution in [1.29, 1.82) is 0 Å². The van der Waals surface area contributed by atoms with Crippen molar-refractivity contribution in [2.75, 3.05) is 19.5 Å². The number of hydrogen-bond donors (Lipinski definition) is 1. The van der Waals surface area contributed by atoms with E-state index in [1.54, 1.807) is 56.7 Å². The van der Waals surface area contributed by atoms with Gasteiger partial charge in [0.05, 0.1) is 24.9 Å². The molecule has 0 radical (unpaired) electrons. The van der Waals surface area contributed by atoms with Gasteiger partial charge < -0.3 is 14.8 Å². The molecule has 2 rings (SSSR count). The number of para-hydroxylation sites is 1. The van der Waals surface area contributed by atoms with Crippen LogP contribution in [-0.2, 0) is 4.79 Å². The Morgan fingerprint density at radius 3 is 2.50 bits per heavy atom. The van der Waals surface area contributed by atoms with Crippen molar-refractivity contribution in [3.05, 3.63) is 59.1 Å². The zero-order valence-corrected chi connectivity index (χ0v) is 13.1. The van der Waals surface area contributed by atoms with Gasteiger partial charge >= 0.3 is 0 Å². The molecular formula is C17H16ClNO3. The number of ether oxygens (including phenoxy) is 2. The summed E-state index contributed by atoms with van der Waals surface area (Å²) >= 11 is 5.99. The summed E-state index contributed by atoms with van der Waals surface area (Å²) in [5, 5.41) is 3.21. The first-order chi connectivity index (χ1) is 10.6. The molecule has 0 aliphatic heterocycles.